The minimum absolute atomic E-state index is 0.258. The lowest BCUT2D eigenvalue weighted by molar-refractivity contribution is -0.121. The largest absolute Gasteiger partial charge is 0.402 e. The van der Waals surface area contributed by atoms with E-state index in [0.29, 0.717) is 5.69 Å². The number of anilines is 1. The lowest BCUT2D eigenvalue weighted by atomic mass is 10.3. The van der Waals surface area contributed by atoms with E-state index in [4.69, 9.17) is 5.73 Å². The third kappa shape index (κ3) is 3.70. The van der Waals surface area contributed by atoms with E-state index in [9.17, 15) is 21.6 Å². The first-order chi connectivity index (χ1) is 7.21. The average molecular weight is 254 g/mol. The van der Waals surface area contributed by atoms with Crippen LogP contribution in [0.2, 0.25) is 0 Å². The smallest absolute Gasteiger partial charge is 0.399 e. The summed E-state index contributed by atoms with van der Waals surface area (Å²) in [6.07, 6.45) is -4.58. The van der Waals surface area contributed by atoms with Crippen molar-refractivity contribution in [3.05, 3.63) is 24.3 Å². The zero-order chi connectivity index (χ0) is 12.4. The molecule has 16 heavy (non-hydrogen) atoms. The van der Waals surface area contributed by atoms with Crippen molar-refractivity contribution in [1.82, 2.24) is 4.72 Å². The number of hydrogen-bond acceptors (Lipinski definition) is 3. The van der Waals surface area contributed by atoms with Crippen molar-refractivity contribution in [3.63, 3.8) is 0 Å². The number of nitrogens with two attached hydrogens (primary N) is 1. The van der Waals surface area contributed by atoms with Gasteiger partial charge in [-0.2, -0.15) is 13.2 Å². The quantitative estimate of drug-likeness (QED) is 0.794. The average Bonchev–Trinajstić information content (AvgIpc) is 2.15. The van der Waals surface area contributed by atoms with Crippen molar-refractivity contribution in [1.29, 1.82) is 0 Å². The van der Waals surface area contributed by atoms with Crippen LogP contribution in [0.4, 0.5) is 18.9 Å². The van der Waals surface area contributed by atoms with Crippen molar-refractivity contribution in [3.8, 4) is 0 Å². The predicted molar refractivity (Wildman–Crippen MR) is 52.1 cm³/mol. The van der Waals surface area contributed by atoms with Crippen LogP contribution < -0.4 is 10.5 Å². The Morgan fingerprint density at radius 3 is 2.12 bits per heavy atom. The molecular formula is C8H9F3N2O2S. The van der Waals surface area contributed by atoms with Crippen molar-refractivity contribution < 1.29 is 21.6 Å². The molecule has 0 heterocycles. The number of sulfonamides is 1. The molecule has 0 unspecified atom stereocenters. The molecule has 0 aromatic heterocycles. The van der Waals surface area contributed by atoms with Gasteiger partial charge in [-0.25, -0.2) is 13.1 Å². The van der Waals surface area contributed by atoms with Crippen LogP contribution in [0.15, 0.2) is 29.2 Å². The van der Waals surface area contributed by atoms with Gasteiger partial charge in [0.1, 0.15) is 6.54 Å². The molecular weight excluding hydrogens is 245 g/mol. The minimum Gasteiger partial charge on any atom is -0.399 e. The van der Waals surface area contributed by atoms with E-state index < -0.39 is 22.7 Å². The molecule has 0 bridgehead atoms. The second kappa shape index (κ2) is 4.30. The lowest BCUT2D eigenvalue weighted by Crippen LogP contribution is -2.33. The fourth-order valence-corrected chi connectivity index (χ4v) is 1.92. The van der Waals surface area contributed by atoms with Crippen LogP contribution in [-0.4, -0.2) is 21.1 Å². The summed E-state index contributed by atoms with van der Waals surface area (Å²) in [5.41, 5.74) is 5.65. The molecule has 0 radical (unpaired) electrons. The van der Waals surface area contributed by atoms with Gasteiger partial charge in [0.25, 0.3) is 0 Å². The highest BCUT2D eigenvalue weighted by Gasteiger charge is 2.29. The summed E-state index contributed by atoms with van der Waals surface area (Å²) >= 11 is 0. The molecule has 0 atom stereocenters. The van der Waals surface area contributed by atoms with Gasteiger partial charge in [0.05, 0.1) is 4.90 Å². The molecule has 0 aliphatic rings. The normalized spacial score (nSPS) is 12.7. The molecule has 3 N–H and O–H groups in total. The fraction of sp³-hybridized carbons (Fsp3) is 0.250. The first kappa shape index (κ1) is 12.8. The van der Waals surface area contributed by atoms with Crippen LogP contribution in [0.25, 0.3) is 0 Å². The summed E-state index contributed by atoms with van der Waals surface area (Å²) in [5, 5.41) is 0. The van der Waals surface area contributed by atoms with Crippen molar-refractivity contribution in [2.45, 2.75) is 11.1 Å². The summed E-state index contributed by atoms with van der Waals surface area (Å²) in [6.45, 7) is -1.60. The van der Waals surface area contributed by atoms with Gasteiger partial charge in [0.15, 0.2) is 0 Å². The van der Waals surface area contributed by atoms with Gasteiger partial charge < -0.3 is 5.73 Å². The summed E-state index contributed by atoms with van der Waals surface area (Å²) in [7, 11) is -4.14. The third-order valence-corrected chi connectivity index (χ3v) is 3.07. The highest BCUT2D eigenvalue weighted by atomic mass is 32.2. The molecule has 0 aliphatic heterocycles. The number of nitrogen functional groups attached to an aromatic ring is 1. The maximum atomic E-state index is 11.8. The van der Waals surface area contributed by atoms with Crippen LogP contribution >= 0.6 is 0 Å². The van der Waals surface area contributed by atoms with Crippen LogP contribution in [0.3, 0.4) is 0 Å². The Hall–Kier alpha value is -1.28. The van der Waals surface area contributed by atoms with Crippen molar-refractivity contribution >= 4 is 15.7 Å². The monoisotopic (exact) mass is 254 g/mol. The molecule has 8 heteroatoms. The summed E-state index contributed by atoms with van der Waals surface area (Å²) < 4.78 is 59.6. The standard InChI is InChI=1S/C8H9F3N2O2S/c9-8(10,11)5-13-16(14,15)7-3-1-6(12)2-4-7/h1-4,13H,5,12H2. The molecule has 90 valence electrons. The molecule has 0 saturated heterocycles. The van der Waals surface area contributed by atoms with Gasteiger partial charge in [-0.3, -0.25) is 0 Å². The molecule has 0 saturated carbocycles. The van der Waals surface area contributed by atoms with E-state index in [1.54, 1.807) is 0 Å². The number of hydrogen-bond donors (Lipinski definition) is 2. The lowest BCUT2D eigenvalue weighted by Gasteiger charge is -2.09. The fourth-order valence-electron chi connectivity index (χ4n) is 0.907. The maximum Gasteiger partial charge on any atom is 0.402 e. The summed E-state index contributed by atoms with van der Waals surface area (Å²) in [6, 6.07) is 4.85. The second-order valence-electron chi connectivity index (χ2n) is 3.01. The van der Waals surface area contributed by atoms with Crippen LogP contribution in [0.5, 0.6) is 0 Å². The number of halogens is 3. The molecule has 1 aromatic rings. The highest BCUT2D eigenvalue weighted by molar-refractivity contribution is 7.89. The van der Waals surface area contributed by atoms with E-state index in [2.05, 4.69) is 0 Å². The van der Waals surface area contributed by atoms with Gasteiger partial charge in [-0.05, 0) is 24.3 Å². The Balaban J connectivity index is 2.83. The van der Waals surface area contributed by atoms with Gasteiger partial charge in [0, 0.05) is 5.69 Å². The highest BCUT2D eigenvalue weighted by Crippen LogP contribution is 2.15. The maximum absolute atomic E-state index is 11.8. The van der Waals surface area contributed by atoms with E-state index in [-0.39, 0.29) is 4.90 Å². The molecule has 1 rings (SSSR count). The number of nitrogens with one attached hydrogen (secondary N) is 1. The van der Waals surface area contributed by atoms with E-state index in [1.807, 2.05) is 0 Å². The predicted octanol–water partition coefficient (Wildman–Crippen LogP) is 1.11. The second-order valence-corrected chi connectivity index (χ2v) is 4.78. The molecule has 0 spiro atoms. The molecule has 0 aliphatic carbocycles. The summed E-state index contributed by atoms with van der Waals surface area (Å²) in [5.74, 6) is 0. The zero-order valence-electron chi connectivity index (χ0n) is 7.95. The third-order valence-electron chi connectivity index (χ3n) is 1.65. The van der Waals surface area contributed by atoms with Gasteiger partial charge in [-0.15, -0.1) is 0 Å². The van der Waals surface area contributed by atoms with E-state index >= 15 is 0 Å². The first-order valence-electron chi connectivity index (χ1n) is 4.13. The van der Waals surface area contributed by atoms with E-state index in [0.717, 1.165) is 12.1 Å². The SMILES string of the molecule is Nc1ccc(S(=O)(=O)NCC(F)(F)F)cc1. The van der Waals surface area contributed by atoms with E-state index in [1.165, 1.54) is 16.9 Å². The Morgan fingerprint density at radius 1 is 1.19 bits per heavy atom. The molecule has 1 aromatic carbocycles. The topological polar surface area (TPSA) is 72.2 Å². The van der Waals surface area contributed by atoms with Crippen molar-refractivity contribution in [2.75, 3.05) is 12.3 Å². The van der Waals surface area contributed by atoms with Gasteiger partial charge >= 0.3 is 6.18 Å². The first-order valence-corrected chi connectivity index (χ1v) is 5.61. The van der Waals surface area contributed by atoms with Crippen LogP contribution in [0, 0.1) is 0 Å². The van der Waals surface area contributed by atoms with Gasteiger partial charge in [-0.1, -0.05) is 0 Å². The number of alkyl halides is 3. The molecule has 0 fully saturated rings. The number of rotatable bonds is 3. The van der Waals surface area contributed by atoms with Crippen molar-refractivity contribution in [2.24, 2.45) is 0 Å². The zero-order valence-corrected chi connectivity index (χ0v) is 8.77. The Kier molecular flexibility index (Phi) is 3.44. The van der Waals surface area contributed by atoms with Gasteiger partial charge in [0.2, 0.25) is 10.0 Å². The molecule has 4 nitrogen and oxygen atoms in total. The Bertz CT molecular complexity index is 453. The Labute approximate surface area is 90.3 Å². The molecule has 0 amide bonds. The summed E-state index contributed by atoms with van der Waals surface area (Å²) in [4.78, 5) is -0.258. The Morgan fingerprint density at radius 2 is 1.69 bits per heavy atom. The number of benzene rings is 1. The van der Waals surface area contributed by atoms with Crippen LogP contribution in [0.1, 0.15) is 0 Å². The minimum atomic E-state index is -4.58. The van der Waals surface area contributed by atoms with Crippen LogP contribution in [-0.2, 0) is 10.0 Å².